The van der Waals surface area contributed by atoms with E-state index in [0.29, 0.717) is 19.6 Å². The molecule has 4 nitrogen and oxygen atoms in total. The largest absolute Gasteiger partial charge is 0.466 e. The molecular formula is C48H96O4S. The molecule has 0 radical (unpaired) electrons. The highest BCUT2D eigenvalue weighted by Gasteiger charge is 2.14. The van der Waals surface area contributed by atoms with Gasteiger partial charge in [-0.1, -0.05) is 240 Å². The lowest BCUT2D eigenvalue weighted by atomic mass is 10.0. The van der Waals surface area contributed by atoms with Crippen molar-refractivity contribution in [2.75, 3.05) is 19.0 Å². The average Bonchev–Trinajstić information content (AvgIpc) is 3.17. The van der Waals surface area contributed by atoms with Gasteiger partial charge in [-0.05, 0) is 31.9 Å². The second kappa shape index (κ2) is 49.3. The summed E-state index contributed by atoms with van der Waals surface area (Å²) in [5, 5.41) is -0.00976. The van der Waals surface area contributed by atoms with E-state index in [0.717, 1.165) is 18.6 Å². The topological polar surface area (TPSA) is 52.6 Å². The summed E-state index contributed by atoms with van der Waals surface area (Å²) in [5.74, 6) is 1.01. The van der Waals surface area contributed by atoms with Crippen LogP contribution in [0.4, 0.5) is 0 Å². The Morgan fingerprint density at radius 1 is 0.377 bits per heavy atom. The molecule has 0 N–H and O–H groups in total. The van der Waals surface area contributed by atoms with Gasteiger partial charge < -0.3 is 9.47 Å². The maximum Gasteiger partial charge on any atom is 0.318 e. The minimum absolute atomic E-state index is 0.00702. The molecule has 53 heavy (non-hydrogen) atoms. The van der Waals surface area contributed by atoms with Crippen molar-refractivity contribution >= 4 is 23.7 Å². The second-order valence-electron chi connectivity index (χ2n) is 15.9. The smallest absolute Gasteiger partial charge is 0.318 e. The van der Waals surface area contributed by atoms with Gasteiger partial charge in [-0.2, -0.15) is 0 Å². The molecule has 0 rings (SSSR count). The van der Waals surface area contributed by atoms with E-state index in [4.69, 9.17) is 9.47 Å². The van der Waals surface area contributed by atoms with Crippen molar-refractivity contribution in [3.05, 3.63) is 0 Å². The molecule has 1 atom stereocenters. The second-order valence-corrected chi connectivity index (χ2v) is 17.4. The minimum Gasteiger partial charge on any atom is -0.466 e. The number of thioether (sulfide) groups is 1. The van der Waals surface area contributed by atoms with Crippen LogP contribution in [0.3, 0.4) is 0 Å². The molecule has 318 valence electrons. The fourth-order valence-corrected chi connectivity index (χ4v) is 7.66. The third-order valence-electron chi connectivity index (χ3n) is 10.5. The third-order valence-corrected chi connectivity index (χ3v) is 11.7. The van der Waals surface area contributed by atoms with E-state index < -0.39 is 0 Å². The van der Waals surface area contributed by atoms with Crippen LogP contribution >= 0.6 is 11.8 Å². The first-order valence-electron chi connectivity index (χ1n) is 24.0. The summed E-state index contributed by atoms with van der Waals surface area (Å²) in [6, 6.07) is 0. The van der Waals surface area contributed by atoms with Gasteiger partial charge in [-0.15, -0.1) is 11.8 Å². The predicted molar refractivity (Wildman–Crippen MR) is 237 cm³/mol. The summed E-state index contributed by atoms with van der Waals surface area (Å²) in [7, 11) is 0. The highest BCUT2D eigenvalue weighted by atomic mass is 32.2. The fraction of sp³-hybridized carbons (Fsp3) is 0.958. The zero-order valence-electron chi connectivity index (χ0n) is 36.9. The van der Waals surface area contributed by atoms with Gasteiger partial charge in [0.2, 0.25) is 0 Å². The van der Waals surface area contributed by atoms with Gasteiger partial charge in [-0.25, -0.2) is 0 Å². The molecule has 0 aliphatic heterocycles. The van der Waals surface area contributed by atoms with Gasteiger partial charge in [0.15, 0.2) is 0 Å². The summed E-state index contributed by atoms with van der Waals surface area (Å²) in [4.78, 5) is 23.0. The third kappa shape index (κ3) is 49.3. The van der Waals surface area contributed by atoms with E-state index in [-0.39, 0.29) is 17.2 Å². The molecule has 0 heterocycles. The first-order chi connectivity index (χ1) is 26.0. The number of rotatable bonds is 42. The van der Waals surface area contributed by atoms with E-state index >= 15 is 0 Å². The molecule has 0 amide bonds. The van der Waals surface area contributed by atoms with Gasteiger partial charge in [0, 0.05) is 6.42 Å². The van der Waals surface area contributed by atoms with Crippen molar-refractivity contribution in [2.45, 2.75) is 277 Å². The van der Waals surface area contributed by atoms with Crippen molar-refractivity contribution in [1.82, 2.24) is 0 Å². The number of carbonyl (C=O) groups excluding carboxylic acids is 2. The Labute approximate surface area is 338 Å². The van der Waals surface area contributed by atoms with Gasteiger partial charge in [-0.3, -0.25) is 9.59 Å². The highest BCUT2D eigenvalue weighted by Crippen LogP contribution is 2.18. The van der Waals surface area contributed by atoms with Crippen LogP contribution in [0.15, 0.2) is 0 Å². The number of hydrogen-bond acceptors (Lipinski definition) is 5. The van der Waals surface area contributed by atoms with Crippen LogP contribution < -0.4 is 0 Å². The average molecular weight is 769 g/mol. The molecule has 0 aromatic heterocycles. The van der Waals surface area contributed by atoms with Crippen molar-refractivity contribution in [2.24, 2.45) is 0 Å². The molecule has 0 aromatic rings. The highest BCUT2D eigenvalue weighted by molar-refractivity contribution is 8.00. The molecule has 0 saturated heterocycles. The van der Waals surface area contributed by atoms with Gasteiger partial charge in [0.05, 0.1) is 18.5 Å². The van der Waals surface area contributed by atoms with Gasteiger partial charge in [0.1, 0.15) is 0 Å². The molecule has 0 aromatic carbocycles. The number of esters is 2. The zero-order chi connectivity index (χ0) is 39.1. The Hall–Kier alpha value is -0.710. The Morgan fingerprint density at radius 3 is 0.943 bits per heavy atom. The zero-order valence-corrected chi connectivity index (χ0v) is 37.7. The number of carbonyl (C=O) groups is 2. The van der Waals surface area contributed by atoms with Crippen molar-refractivity contribution < 1.29 is 19.1 Å². The maximum atomic E-state index is 12.2. The van der Waals surface area contributed by atoms with Crippen LogP contribution in [-0.4, -0.2) is 36.2 Å². The Kier molecular flexibility index (Phi) is 50.6. The molecule has 0 bridgehead atoms. The van der Waals surface area contributed by atoms with E-state index in [2.05, 4.69) is 20.8 Å². The first-order valence-corrected chi connectivity index (χ1v) is 25.0. The van der Waals surface area contributed by atoms with Gasteiger partial charge in [0.25, 0.3) is 0 Å². The first kappa shape index (κ1) is 54.4. The van der Waals surface area contributed by atoms with E-state index in [1.807, 2.05) is 13.8 Å². The van der Waals surface area contributed by atoms with Crippen molar-refractivity contribution in [3.63, 3.8) is 0 Å². The van der Waals surface area contributed by atoms with Crippen LogP contribution in [0.25, 0.3) is 0 Å². The SMILES string of the molecule is CCCCCCCCCCCCCCCCCCSC(C)C(=O)OCCCCCCCCCCCC.CCCCCCCCCCCCOC(=O)CC. The van der Waals surface area contributed by atoms with Crippen LogP contribution in [0.2, 0.25) is 0 Å². The normalized spacial score (nSPS) is 11.6. The van der Waals surface area contributed by atoms with Crippen molar-refractivity contribution in [1.29, 1.82) is 0 Å². The summed E-state index contributed by atoms with van der Waals surface area (Å²) in [5.41, 5.74) is 0. The molecule has 1 unspecified atom stereocenters. The van der Waals surface area contributed by atoms with Crippen LogP contribution in [0.1, 0.15) is 272 Å². The fourth-order valence-electron chi connectivity index (χ4n) is 6.74. The quantitative estimate of drug-likeness (QED) is 0.0457. The summed E-state index contributed by atoms with van der Waals surface area (Å²) >= 11 is 1.78. The predicted octanol–water partition coefficient (Wildman–Crippen LogP) is 16.7. The molecule has 0 aliphatic rings. The number of unbranched alkanes of at least 4 members (excludes halogenated alkanes) is 33. The standard InChI is InChI=1S/C33H66O2S.C15H30O2/c1-4-6-8-10-12-14-16-17-18-19-20-21-23-25-27-29-31-36-32(3)33(34)35-30-28-26-24-22-15-13-11-9-7-5-2;1-3-5-6-7-8-9-10-11-12-13-14-17-15(16)4-2/h32H,4-31H2,1-3H3;3-14H2,1-2H3. The van der Waals surface area contributed by atoms with Crippen LogP contribution in [0, 0.1) is 0 Å². The minimum atomic E-state index is -0.0686. The van der Waals surface area contributed by atoms with E-state index in [9.17, 15) is 9.59 Å². The summed E-state index contributed by atoms with van der Waals surface area (Å²) < 4.78 is 10.5. The van der Waals surface area contributed by atoms with Gasteiger partial charge >= 0.3 is 11.9 Å². The number of ether oxygens (including phenoxy) is 2. The van der Waals surface area contributed by atoms with Crippen molar-refractivity contribution in [3.8, 4) is 0 Å². The molecule has 0 aliphatic carbocycles. The molecule has 0 spiro atoms. The number of hydrogen-bond donors (Lipinski definition) is 0. The Balaban J connectivity index is 0. The van der Waals surface area contributed by atoms with Crippen LogP contribution in [-0.2, 0) is 19.1 Å². The van der Waals surface area contributed by atoms with E-state index in [1.54, 1.807) is 11.8 Å². The monoisotopic (exact) mass is 769 g/mol. The Morgan fingerprint density at radius 2 is 0.642 bits per heavy atom. The molecule has 0 saturated carbocycles. The molecule has 0 fully saturated rings. The lowest BCUT2D eigenvalue weighted by Crippen LogP contribution is -2.18. The molecular weight excluding hydrogens is 673 g/mol. The summed E-state index contributed by atoms with van der Waals surface area (Å²) in [6.07, 6.45) is 49.3. The lowest BCUT2D eigenvalue weighted by molar-refractivity contribution is -0.144. The Bertz CT molecular complexity index is 699. The molecule has 5 heteroatoms. The lowest BCUT2D eigenvalue weighted by Gasteiger charge is -2.11. The summed E-state index contributed by atoms with van der Waals surface area (Å²) in [6.45, 7) is 11.9. The van der Waals surface area contributed by atoms with E-state index in [1.165, 1.54) is 218 Å². The maximum absolute atomic E-state index is 12.2. The van der Waals surface area contributed by atoms with Crippen LogP contribution in [0.5, 0.6) is 0 Å².